The van der Waals surface area contributed by atoms with Crippen LogP contribution in [0.2, 0.25) is 5.02 Å². The van der Waals surface area contributed by atoms with Crippen LogP contribution in [0.25, 0.3) is 16.8 Å². The molecule has 4 amide bonds. The number of carbonyl (C=O) groups is 3. The van der Waals surface area contributed by atoms with Crippen LogP contribution in [-0.4, -0.2) is 24.5 Å². The van der Waals surface area contributed by atoms with Gasteiger partial charge in [0, 0.05) is 0 Å². The Morgan fingerprint density at radius 3 is 2.43 bits per heavy atom. The van der Waals surface area contributed by atoms with E-state index in [1.165, 1.54) is 6.08 Å². The average Bonchev–Trinajstić information content (AvgIpc) is 2.95. The van der Waals surface area contributed by atoms with Gasteiger partial charge in [-0.15, -0.1) is 0 Å². The van der Waals surface area contributed by atoms with Crippen LogP contribution in [0.5, 0.6) is 11.5 Å². The monoisotopic (exact) mass is 594 g/mol. The van der Waals surface area contributed by atoms with Crippen LogP contribution in [-0.2, 0) is 22.4 Å². The van der Waals surface area contributed by atoms with Gasteiger partial charge in [-0.2, -0.15) is 13.2 Å². The number of benzene rings is 4. The highest BCUT2D eigenvalue weighted by Crippen LogP contribution is 2.37. The van der Waals surface area contributed by atoms with E-state index < -0.39 is 40.8 Å². The number of fused-ring (bicyclic) bond motifs is 1. The van der Waals surface area contributed by atoms with Crippen LogP contribution < -0.4 is 19.7 Å². The normalized spacial score (nSPS) is 14.8. The third kappa shape index (κ3) is 5.80. The van der Waals surface area contributed by atoms with E-state index in [0.717, 1.165) is 28.5 Å². The van der Waals surface area contributed by atoms with E-state index in [1.54, 1.807) is 25.1 Å². The third-order valence-electron chi connectivity index (χ3n) is 6.46. The Morgan fingerprint density at radius 1 is 0.905 bits per heavy atom. The van der Waals surface area contributed by atoms with E-state index in [2.05, 4.69) is 0 Å². The first kappa shape index (κ1) is 28.7. The lowest BCUT2D eigenvalue weighted by atomic mass is 10.0. The Morgan fingerprint density at radius 2 is 1.67 bits per heavy atom. The number of amides is 4. The molecule has 0 saturated carbocycles. The SMILES string of the molecule is CCOc1cc(/C=C2/C(=O)NC(=O)N(c3cc(C(F)(F)F)ccc3Cl)C2=O)ccc1OCc1cccc2ccccc12. The van der Waals surface area contributed by atoms with E-state index in [4.69, 9.17) is 21.1 Å². The van der Waals surface area contributed by atoms with Crippen molar-refractivity contribution in [1.29, 1.82) is 0 Å². The topological polar surface area (TPSA) is 84.9 Å². The molecule has 0 spiro atoms. The Balaban J connectivity index is 1.45. The van der Waals surface area contributed by atoms with Crippen molar-refractivity contribution in [2.24, 2.45) is 0 Å². The van der Waals surface area contributed by atoms with Gasteiger partial charge in [0.15, 0.2) is 11.5 Å². The number of imide groups is 2. The first-order valence-electron chi connectivity index (χ1n) is 12.7. The summed E-state index contributed by atoms with van der Waals surface area (Å²) < 4.78 is 51.7. The van der Waals surface area contributed by atoms with Crippen LogP contribution in [0.1, 0.15) is 23.6 Å². The number of halogens is 4. The van der Waals surface area contributed by atoms with Gasteiger partial charge in [-0.3, -0.25) is 14.9 Å². The van der Waals surface area contributed by atoms with Crippen LogP contribution in [0.15, 0.2) is 84.4 Å². The van der Waals surface area contributed by atoms with Crippen molar-refractivity contribution in [1.82, 2.24) is 5.32 Å². The van der Waals surface area contributed by atoms with Crippen molar-refractivity contribution >= 4 is 52.0 Å². The summed E-state index contributed by atoms with van der Waals surface area (Å²) in [4.78, 5) is 38.9. The highest BCUT2D eigenvalue weighted by Gasteiger charge is 2.39. The number of alkyl halides is 3. The summed E-state index contributed by atoms with van der Waals surface area (Å²) in [6.45, 7) is 2.32. The molecule has 5 rings (SSSR count). The van der Waals surface area contributed by atoms with E-state index in [1.807, 2.05) is 47.8 Å². The summed E-state index contributed by atoms with van der Waals surface area (Å²) in [5.74, 6) is -1.40. The molecule has 1 aliphatic rings. The maximum atomic E-state index is 13.3. The second-order valence-corrected chi connectivity index (χ2v) is 9.60. The van der Waals surface area contributed by atoms with E-state index >= 15 is 0 Å². The zero-order chi connectivity index (χ0) is 30.0. The Labute approximate surface area is 243 Å². The molecule has 1 saturated heterocycles. The molecule has 7 nitrogen and oxygen atoms in total. The Kier molecular flexibility index (Phi) is 7.91. The number of anilines is 1. The highest BCUT2D eigenvalue weighted by molar-refractivity contribution is 6.42. The lowest BCUT2D eigenvalue weighted by molar-refractivity contribution is -0.137. The van der Waals surface area contributed by atoms with E-state index in [9.17, 15) is 27.6 Å². The third-order valence-corrected chi connectivity index (χ3v) is 6.78. The number of hydrogen-bond donors (Lipinski definition) is 1. The van der Waals surface area contributed by atoms with Gasteiger partial charge in [0.1, 0.15) is 12.2 Å². The maximum absolute atomic E-state index is 13.3. The van der Waals surface area contributed by atoms with Gasteiger partial charge < -0.3 is 9.47 Å². The molecule has 0 bridgehead atoms. The first-order chi connectivity index (χ1) is 20.1. The first-order valence-corrected chi connectivity index (χ1v) is 13.1. The molecular formula is C31H22ClF3N2O5. The molecule has 0 aliphatic carbocycles. The minimum absolute atomic E-state index is 0.248. The largest absolute Gasteiger partial charge is 0.490 e. The fraction of sp³-hybridized carbons (Fsp3) is 0.129. The second kappa shape index (κ2) is 11.6. The van der Waals surface area contributed by atoms with Crippen molar-refractivity contribution in [3.05, 3.63) is 106 Å². The number of barbiturate groups is 1. The van der Waals surface area contributed by atoms with Gasteiger partial charge in [0.05, 0.1) is 22.9 Å². The number of rotatable bonds is 7. The lowest BCUT2D eigenvalue weighted by Crippen LogP contribution is -2.54. The molecule has 0 aromatic heterocycles. The summed E-state index contributed by atoms with van der Waals surface area (Å²) in [7, 11) is 0. The molecule has 0 radical (unpaired) electrons. The summed E-state index contributed by atoms with van der Waals surface area (Å²) in [5, 5.41) is 3.81. The van der Waals surface area contributed by atoms with E-state index in [-0.39, 0.29) is 11.6 Å². The second-order valence-electron chi connectivity index (χ2n) is 9.19. The van der Waals surface area contributed by atoms with Crippen molar-refractivity contribution in [2.75, 3.05) is 11.5 Å². The predicted molar refractivity (Wildman–Crippen MR) is 151 cm³/mol. The average molecular weight is 595 g/mol. The molecule has 42 heavy (non-hydrogen) atoms. The number of nitrogens with zero attached hydrogens (tertiary/aromatic N) is 1. The number of hydrogen-bond acceptors (Lipinski definition) is 5. The van der Waals surface area contributed by atoms with Gasteiger partial charge in [-0.05, 0) is 65.2 Å². The smallest absolute Gasteiger partial charge is 0.416 e. The van der Waals surface area contributed by atoms with Gasteiger partial charge in [0.25, 0.3) is 11.8 Å². The molecule has 4 aromatic carbocycles. The Bertz CT molecular complexity index is 1750. The van der Waals surface area contributed by atoms with Gasteiger partial charge >= 0.3 is 12.2 Å². The van der Waals surface area contributed by atoms with Crippen molar-refractivity contribution in [3.8, 4) is 11.5 Å². The van der Waals surface area contributed by atoms with E-state index in [0.29, 0.717) is 34.6 Å². The summed E-state index contributed by atoms with van der Waals surface area (Å²) >= 11 is 6.06. The molecule has 1 heterocycles. The maximum Gasteiger partial charge on any atom is 0.416 e. The molecule has 1 fully saturated rings. The van der Waals surface area contributed by atoms with Crippen LogP contribution in [0.3, 0.4) is 0 Å². The van der Waals surface area contributed by atoms with Crippen molar-refractivity contribution in [3.63, 3.8) is 0 Å². The highest BCUT2D eigenvalue weighted by atomic mass is 35.5. The zero-order valence-electron chi connectivity index (χ0n) is 22.0. The van der Waals surface area contributed by atoms with Gasteiger partial charge in [0.2, 0.25) is 0 Å². The zero-order valence-corrected chi connectivity index (χ0v) is 22.8. The van der Waals surface area contributed by atoms with Crippen molar-refractivity contribution < 1.29 is 37.0 Å². The predicted octanol–water partition coefficient (Wildman–Crippen LogP) is 7.16. The fourth-order valence-corrected chi connectivity index (χ4v) is 4.68. The lowest BCUT2D eigenvalue weighted by Gasteiger charge is -2.27. The number of carbonyl (C=O) groups excluding carboxylic acids is 3. The summed E-state index contributed by atoms with van der Waals surface area (Å²) in [5.41, 5.74) is -0.817. The minimum atomic E-state index is -4.75. The molecule has 4 aromatic rings. The molecular weight excluding hydrogens is 573 g/mol. The fourth-order valence-electron chi connectivity index (χ4n) is 4.48. The van der Waals surface area contributed by atoms with Crippen LogP contribution >= 0.6 is 11.6 Å². The van der Waals surface area contributed by atoms with Gasteiger partial charge in [-0.1, -0.05) is 60.1 Å². The molecule has 0 atom stereocenters. The van der Waals surface area contributed by atoms with Crippen molar-refractivity contribution in [2.45, 2.75) is 19.7 Å². The molecule has 1 N–H and O–H groups in total. The quantitative estimate of drug-likeness (QED) is 0.181. The molecule has 1 aliphatic heterocycles. The van der Waals surface area contributed by atoms with Gasteiger partial charge in [-0.25, -0.2) is 9.69 Å². The van der Waals surface area contributed by atoms with Crippen LogP contribution in [0, 0.1) is 0 Å². The number of ether oxygens (including phenoxy) is 2. The standard InChI is InChI=1S/C31H22ClF3N2O5/c1-2-41-27-15-18(10-13-26(27)42-17-20-8-5-7-19-6-3-4-9-22(19)20)14-23-28(38)36-30(40)37(29(23)39)25-16-21(31(33,34)35)11-12-24(25)32/h3-16H,2,17H2,1H3,(H,36,38,40)/b23-14-. The van der Waals surface area contributed by atoms with Crippen LogP contribution in [0.4, 0.5) is 23.7 Å². The summed E-state index contributed by atoms with van der Waals surface area (Å²) in [6.07, 6.45) is -3.55. The molecule has 0 unspecified atom stereocenters. The number of urea groups is 1. The molecule has 11 heteroatoms. The molecule has 214 valence electrons. The number of nitrogens with one attached hydrogen (secondary N) is 1. The minimum Gasteiger partial charge on any atom is -0.490 e. The summed E-state index contributed by atoms with van der Waals surface area (Å²) in [6, 6.07) is 19.5. The Hall–Kier alpha value is -4.83.